The number of nitrogens with one attached hydrogen (secondary N) is 1. The fourth-order valence-electron chi connectivity index (χ4n) is 7.16. The number of carboxylic acids is 1. The number of carbonyl (C=O) groups excluding carboxylic acids is 1. The molecule has 2 bridgehead atoms. The van der Waals surface area contributed by atoms with Crippen molar-refractivity contribution in [2.45, 2.75) is 89.6 Å². The highest BCUT2D eigenvalue weighted by Crippen LogP contribution is 2.64. The van der Waals surface area contributed by atoms with Gasteiger partial charge in [0.25, 0.3) is 0 Å². The number of aliphatic carboxylic acids is 1. The first-order valence-electron chi connectivity index (χ1n) is 13.2. The number of ether oxygens (including phenoxy) is 1. The average Bonchev–Trinajstić information content (AvgIpc) is 3.30. The number of hydrogen-bond acceptors (Lipinski definition) is 3. The molecule has 0 spiro atoms. The number of fused-ring (bicyclic) bond motifs is 1. The molecule has 6 rings (SSSR count). The number of halogens is 1. The quantitative estimate of drug-likeness (QED) is 0.439. The molecule has 1 aromatic carbocycles. The lowest BCUT2D eigenvalue weighted by Gasteiger charge is -2.53. The standard InChI is InChI=1S/C29H39ClN2O4/c1-26(2,3)21-12-18(13-21)22-7-6-19(14-23(22)30)27(4)20(8-11-36-5)15-32(25(35)31-27)29-10-9-28(16-29,17-29)24(33)34/h6-7,14-15,18,21H,8-13,16-17H2,1-5H3,(H,31,35)(H,33,34)/t18-,21+,27-,28?,29?/m0/s1. The van der Waals surface area contributed by atoms with Crippen molar-refractivity contribution in [3.05, 3.63) is 46.1 Å². The van der Waals surface area contributed by atoms with Crippen LogP contribution in [0.2, 0.25) is 5.02 Å². The van der Waals surface area contributed by atoms with Crippen LogP contribution < -0.4 is 5.32 Å². The van der Waals surface area contributed by atoms with Crippen LogP contribution in [0.5, 0.6) is 0 Å². The molecule has 4 fully saturated rings. The van der Waals surface area contributed by atoms with Crippen LogP contribution in [0.3, 0.4) is 0 Å². The Bertz CT molecular complexity index is 1110. The number of urea groups is 1. The molecule has 5 aliphatic rings. The van der Waals surface area contributed by atoms with Gasteiger partial charge in [-0.3, -0.25) is 9.69 Å². The van der Waals surface area contributed by atoms with E-state index in [0.717, 1.165) is 35.4 Å². The maximum atomic E-state index is 13.5. The fraction of sp³-hybridized carbons (Fsp3) is 0.655. The van der Waals surface area contributed by atoms with Gasteiger partial charge in [-0.05, 0) is 91.9 Å². The molecule has 0 aromatic heterocycles. The highest BCUT2D eigenvalue weighted by Gasteiger charge is 2.68. The fourth-order valence-corrected chi connectivity index (χ4v) is 7.50. The molecule has 0 unspecified atom stereocenters. The number of methoxy groups -OCH3 is 1. The molecular formula is C29H39ClN2O4. The Balaban J connectivity index is 1.42. The van der Waals surface area contributed by atoms with Gasteiger partial charge < -0.3 is 15.2 Å². The number of rotatable bonds is 7. The zero-order valence-electron chi connectivity index (χ0n) is 22.1. The van der Waals surface area contributed by atoms with Crippen molar-refractivity contribution in [3.63, 3.8) is 0 Å². The molecule has 196 valence electrons. The van der Waals surface area contributed by atoms with E-state index < -0.39 is 22.5 Å². The zero-order valence-corrected chi connectivity index (χ0v) is 22.9. The molecule has 36 heavy (non-hydrogen) atoms. The predicted molar refractivity (Wildman–Crippen MR) is 140 cm³/mol. The van der Waals surface area contributed by atoms with Crippen molar-refractivity contribution in [3.8, 4) is 0 Å². The molecule has 0 saturated heterocycles. The number of carboxylic acid groups (broad SMARTS) is 1. The number of hydrogen-bond donors (Lipinski definition) is 2. The minimum absolute atomic E-state index is 0.174. The number of amides is 2. The lowest BCUT2D eigenvalue weighted by atomic mass is 9.61. The summed E-state index contributed by atoms with van der Waals surface area (Å²) in [5, 5.41) is 13.7. The lowest BCUT2D eigenvalue weighted by molar-refractivity contribution is -0.156. The Hall–Kier alpha value is -2.05. The molecule has 6 nitrogen and oxygen atoms in total. The zero-order chi connectivity index (χ0) is 26.1. The van der Waals surface area contributed by atoms with Crippen LogP contribution >= 0.6 is 11.6 Å². The van der Waals surface area contributed by atoms with Gasteiger partial charge >= 0.3 is 12.0 Å². The van der Waals surface area contributed by atoms with Gasteiger partial charge in [0.1, 0.15) is 0 Å². The van der Waals surface area contributed by atoms with Crippen LogP contribution in [0.25, 0.3) is 0 Å². The van der Waals surface area contributed by atoms with Gasteiger partial charge in [-0.15, -0.1) is 0 Å². The van der Waals surface area contributed by atoms with Crippen LogP contribution in [-0.2, 0) is 15.1 Å². The smallest absolute Gasteiger partial charge is 0.322 e. The Kier molecular flexibility index (Phi) is 6.03. The lowest BCUT2D eigenvalue weighted by Crippen LogP contribution is -2.64. The minimum atomic E-state index is -0.739. The summed E-state index contributed by atoms with van der Waals surface area (Å²) in [6.07, 6.45) is 7.31. The molecule has 1 heterocycles. The third kappa shape index (κ3) is 3.87. The molecule has 1 aromatic rings. The molecule has 1 atom stereocenters. The van der Waals surface area contributed by atoms with Gasteiger partial charge in [-0.1, -0.05) is 44.5 Å². The second kappa shape index (κ2) is 8.49. The van der Waals surface area contributed by atoms with Crippen molar-refractivity contribution in [2.24, 2.45) is 16.7 Å². The minimum Gasteiger partial charge on any atom is -0.481 e. The first-order valence-corrected chi connectivity index (χ1v) is 13.6. The molecule has 4 saturated carbocycles. The van der Waals surface area contributed by atoms with Crippen molar-refractivity contribution in [1.29, 1.82) is 0 Å². The third-order valence-corrected chi connectivity index (χ3v) is 10.2. The molecular weight excluding hydrogens is 476 g/mol. The first kappa shape index (κ1) is 25.6. The van der Waals surface area contributed by atoms with Crippen LogP contribution in [0.15, 0.2) is 30.0 Å². The van der Waals surface area contributed by atoms with E-state index >= 15 is 0 Å². The van der Waals surface area contributed by atoms with E-state index in [1.165, 1.54) is 5.56 Å². The van der Waals surface area contributed by atoms with E-state index in [-0.39, 0.29) is 6.03 Å². The molecule has 1 aliphatic heterocycles. The third-order valence-electron chi connectivity index (χ3n) is 9.83. The summed E-state index contributed by atoms with van der Waals surface area (Å²) >= 11 is 6.85. The monoisotopic (exact) mass is 514 g/mol. The van der Waals surface area contributed by atoms with Gasteiger partial charge in [0.05, 0.1) is 23.1 Å². The summed E-state index contributed by atoms with van der Waals surface area (Å²) in [4.78, 5) is 27.1. The summed E-state index contributed by atoms with van der Waals surface area (Å²) in [5.74, 6) is 0.457. The van der Waals surface area contributed by atoms with Crippen molar-refractivity contribution >= 4 is 23.6 Å². The van der Waals surface area contributed by atoms with E-state index in [1.807, 2.05) is 19.2 Å². The topological polar surface area (TPSA) is 78.9 Å². The van der Waals surface area contributed by atoms with E-state index in [4.69, 9.17) is 16.3 Å². The van der Waals surface area contributed by atoms with Crippen LogP contribution in [0, 0.1) is 16.7 Å². The first-order chi connectivity index (χ1) is 16.8. The van der Waals surface area contributed by atoms with Gasteiger partial charge in [0.2, 0.25) is 0 Å². The second-order valence-corrected chi connectivity index (χ2v) is 13.4. The second-order valence-electron chi connectivity index (χ2n) is 13.0. The van der Waals surface area contributed by atoms with Crippen LogP contribution in [0.1, 0.15) is 89.7 Å². The van der Waals surface area contributed by atoms with Gasteiger partial charge in [0, 0.05) is 18.3 Å². The molecule has 4 aliphatic carbocycles. The molecule has 2 N–H and O–H groups in total. The largest absolute Gasteiger partial charge is 0.481 e. The Morgan fingerprint density at radius 2 is 1.94 bits per heavy atom. The Morgan fingerprint density at radius 3 is 2.50 bits per heavy atom. The normalized spacial score (nSPS) is 35.6. The maximum Gasteiger partial charge on any atom is 0.322 e. The van der Waals surface area contributed by atoms with Crippen LogP contribution in [-0.4, -0.2) is 41.3 Å². The number of carbonyl (C=O) groups is 2. The summed E-state index contributed by atoms with van der Waals surface area (Å²) in [6.45, 7) is 9.47. The van der Waals surface area contributed by atoms with E-state index in [1.54, 1.807) is 12.0 Å². The van der Waals surface area contributed by atoms with Gasteiger partial charge in [-0.2, -0.15) is 0 Å². The van der Waals surface area contributed by atoms with E-state index in [9.17, 15) is 14.7 Å². The van der Waals surface area contributed by atoms with E-state index in [0.29, 0.717) is 49.5 Å². The summed E-state index contributed by atoms with van der Waals surface area (Å²) < 4.78 is 5.40. The summed E-state index contributed by atoms with van der Waals surface area (Å²) in [5.41, 5.74) is 1.72. The van der Waals surface area contributed by atoms with Crippen LogP contribution in [0.4, 0.5) is 4.79 Å². The van der Waals surface area contributed by atoms with Crippen molar-refractivity contribution < 1.29 is 19.4 Å². The van der Waals surface area contributed by atoms with Gasteiger partial charge in [-0.25, -0.2) is 4.79 Å². The highest BCUT2D eigenvalue weighted by molar-refractivity contribution is 6.31. The molecule has 0 radical (unpaired) electrons. The van der Waals surface area contributed by atoms with Gasteiger partial charge in [0.15, 0.2) is 0 Å². The highest BCUT2D eigenvalue weighted by atomic mass is 35.5. The number of benzene rings is 1. The number of nitrogens with zero attached hydrogens (tertiary/aromatic N) is 1. The van der Waals surface area contributed by atoms with E-state index in [2.05, 4.69) is 38.2 Å². The Morgan fingerprint density at radius 1 is 1.25 bits per heavy atom. The van der Waals surface area contributed by atoms with Crippen molar-refractivity contribution in [1.82, 2.24) is 10.2 Å². The molecule has 7 heteroatoms. The Labute approximate surface area is 219 Å². The molecule has 2 amide bonds. The predicted octanol–water partition coefficient (Wildman–Crippen LogP) is 6.44. The van der Waals surface area contributed by atoms with Crippen molar-refractivity contribution in [2.75, 3.05) is 13.7 Å². The summed E-state index contributed by atoms with van der Waals surface area (Å²) in [6, 6.07) is 6.09. The average molecular weight is 515 g/mol. The SMILES string of the molecule is COCCC1=CN(C23CCC(C(=O)O)(C2)C3)C(=O)N[C@@]1(C)c1ccc([C@H]2C[C@@H](C(C)(C)C)C2)c(Cl)c1. The summed E-state index contributed by atoms with van der Waals surface area (Å²) in [7, 11) is 1.68. The maximum absolute atomic E-state index is 13.5.